The van der Waals surface area contributed by atoms with E-state index in [1.165, 1.54) is 19.4 Å². The number of thioether (sulfide) groups is 1. The van der Waals surface area contributed by atoms with Crippen molar-refractivity contribution in [2.24, 2.45) is 5.92 Å². The lowest BCUT2D eigenvalue weighted by atomic mass is 10.0. The summed E-state index contributed by atoms with van der Waals surface area (Å²) in [5, 5.41) is 4.20. The van der Waals surface area contributed by atoms with E-state index in [0.29, 0.717) is 0 Å². The van der Waals surface area contributed by atoms with E-state index in [9.17, 15) is 0 Å². The predicted octanol–water partition coefficient (Wildman–Crippen LogP) is 1.77. The quantitative estimate of drug-likeness (QED) is 0.751. The molecule has 1 aliphatic heterocycles. The van der Waals surface area contributed by atoms with Crippen LogP contribution in [0.15, 0.2) is 22.1 Å². The molecule has 1 aromatic rings. The molecule has 13 heavy (non-hydrogen) atoms. The summed E-state index contributed by atoms with van der Waals surface area (Å²) in [5.41, 5.74) is 0. The van der Waals surface area contributed by atoms with Gasteiger partial charge in [0.1, 0.15) is 6.26 Å². The van der Waals surface area contributed by atoms with E-state index in [0.717, 1.165) is 23.4 Å². The van der Waals surface area contributed by atoms with E-state index in [1.54, 1.807) is 24.2 Å². The maximum Gasteiger partial charge on any atom is 0.255 e. The van der Waals surface area contributed by atoms with Gasteiger partial charge in [-0.1, -0.05) is 11.8 Å². The van der Waals surface area contributed by atoms with Crippen LogP contribution in [0.2, 0.25) is 0 Å². The first-order valence-electron chi connectivity index (χ1n) is 4.68. The number of nitrogens with one attached hydrogen (secondary N) is 1. The van der Waals surface area contributed by atoms with Crippen LogP contribution in [0.3, 0.4) is 0 Å². The third-order valence-corrected chi connectivity index (χ3v) is 3.34. The molecule has 3 nitrogen and oxygen atoms in total. The first-order chi connectivity index (χ1) is 6.45. The Morgan fingerprint density at radius 1 is 1.69 bits per heavy atom. The second-order valence-corrected chi connectivity index (χ2v) is 4.29. The lowest BCUT2D eigenvalue weighted by Gasteiger charge is -2.21. The van der Waals surface area contributed by atoms with Gasteiger partial charge in [0, 0.05) is 5.75 Å². The SMILES string of the molecule is c1coc(SCC2CCCNC2)n1. The molecule has 0 spiro atoms. The molecule has 4 heteroatoms. The molecular formula is C9H14N2OS. The average molecular weight is 198 g/mol. The minimum absolute atomic E-state index is 0.783. The Kier molecular flexibility index (Phi) is 3.27. The highest BCUT2D eigenvalue weighted by Crippen LogP contribution is 2.21. The molecule has 0 aromatic carbocycles. The molecule has 1 aromatic heterocycles. The van der Waals surface area contributed by atoms with Crippen LogP contribution >= 0.6 is 11.8 Å². The number of nitrogens with zero attached hydrogens (tertiary/aromatic N) is 1. The van der Waals surface area contributed by atoms with Crippen molar-refractivity contribution >= 4 is 11.8 Å². The Bertz CT molecular complexity index is 232. The topological polar surface area (TPSA) is 38.1 Å². The average Bonchev–Trinajstić information content (AvgIpc) is 2.69. The van der Waals surface area contributed by atoms with Crippen LogP contribution in [-0.2, 0) is 0 Å². The zero-order chi connectivity index (χ0) is 8.93. The molecule has 1 fully saturated rings. The number of aromatic nitrogens is 1. The van der Waals surface area contributed by atoms with Crippen LogP contribution in [-0.4, -0.2) is 23.8 Å². The van der Waals surface area contributed by atoms with Gasteiger partial charge in [-0.3, -0.25) is 0 Å². The number of hydrogen-bond acceptors (Lipinski definition) is 4. The Hall–Kier alpha value is -0.480. The van der Waals surface area contributed by atoms with Crippen LogP contribution in [0.25, 0.3) is 0 Å². The van der Waals surface area contributed by atoms with Gasteiger partial charge in [0.25, 0.3) is 5.22 Å². The highest BCUT2D eigenvalue weighted by Gasteiger charge is 2.13. The first-order valence-corrected chi connectivity index (χ1v) is 5.67. The Labute approximate surface area is 82.3 Å². The fourth-order valence-corrected chi connectivity index (χ4v) is 2.46. The molecule has 2 heterocycles. The van der Waals surface area contributed by atoms with Crippen molar-refractivity contribution < 1.29 is 4.42 Å². The van der Waals surface area contributed by atoms with Crippen molar-refractivity contribution in [2.75, 3.05) is 18.8 Å². The molecule has 0 saturated carbocycles. The molecule has 0 amide bonds. The first kappa shape index (κ1) is 9.09. The molecule has 72 valence electrons. The molecule has 0 aliphatic carbocycles. The van der Waals surface area contributed by atoms with E-state index >= 15 is 0 Å². The minimum atomic E-state index is 0.783. The minimum Gasteiger partial charge on any atom is -0.440 e. The second kappa shape index (κ2) is 4.67. The summed E-state index contributed by atoms with van der Waals surface area (Å²) < 4.78 is 5.16. The van der Waals surface area contributed by atoms with Crippen LogP contribution < -0.4 is 5.32 Å². The van der Waals surface area contributed by atoms with Gasteiger partial charge in [0.05, 0.1) is 6.20 Å². The van der Waals surface area contributed by atoms with Crippen molar-refractivity contribution in [2.45, 2.75) is 18.1 Å². The van der Waals surface area contributed by atoms with Gasteiger partial charge in [-0.25, -0.2) is 4.98 Å². The molecule has 1 saturated heterocycles. The van der Waals surface area contributed by atoms with E-state index in [2.05, 4.69) is 10.3 Å². The largest absolute Gasteiger partial charge is 0.440 e. The van der Waals surface area contributed by atoms with Crippen molar-refractivity contribution in [3.63, 3.8) is 0 Å². The maximum atomic E-state index is 5.16. The monoisotopic (exact) mass is 198 g/mol. The Balaban J connectivity index is 1.72. The number of piperidine rings is 1. The summed E-state index contributed by atoms with van der Waals surface area (Å²) in [4.78, 5) is 4.08. The van der Waals surface area contributed by atoms with E-state index in [4.69, 9.17) is 4.42 Å². The van der Waals surface area contributed by atoms with E-state index in [-0.39, 0.29) is 0 Å². The molecule has 1 aliphatic rings. The lowest BCUT2D eigenvalue weighted by molar-refractivity contribution is 0.407. The van der Waals surface area contributed by atoms with Crippen molar-refractivity contribution in [1.82, 2.24) is 10.3 Å². The molecule has 1 atom stereocenters. The van der Waals surface area contributed by atoms with Crippen LogP contribution in [0.4, 0.5) is 0 Å². The van der Waals surface area contributed by atoms with Gasteiger partial charge in [-0.15, -0.1) is 0 Å². The molecular weight excluding hydrogens is 184 g/mol. The van der Waals surface area contributed by atoms with Crippen molar-refractivity contribution in [3.05, 3.63) is 12.5 Å². The second-order valence-electron chi connectivity index (χ2n) is 3.32. The van der Waals surface area contributed by atoms with Gasteiger partial charge in [0.15, 0.2) is 0 Å². The zero-order valence-electron chi connectivity index (χ0n) is 7.53. The smallest absolute Gasteiger partial charge is 0.255 e. The summed E-state index contributed by atoms with van der Waals surface area (Å²) >= 11 is 1.72. The Morgan fingerprint density at radius 2 is 2.69 bits per heavy atom. The van der Waals surface area contributed by atoms with E-state index in [1.807, 2.05) is 0 Å². The van der Waals surface area contributed by atoms with Gasteiger partial charge in [-0.05, 0) is 31.8 Å². The molecule has 2 rings (SSSR count). The van der Waals surface area contributed by atoms with Crippen molar-refractivity contribution in [3.8, 4) is 0 Å². The summed E-state index contributed by atoms with van der Waals surface area (Å²) in [6.45, 7) is 2.33. The van der Waals surface area contributed by atoms with Crippen LogP contribution in [0, 0.1) is 5.92 Å². The van der Waals surface area contributed by atoms with E-state index < -0.39 is 0 Å². The van der Waals surface area contributed by atoms with Crippen molar-refractivity contribution in [1.29, 1.82) is 0 Å². The predicted molar refractivity (Wildman–Crippen MR) is 52.8 cm³/mol. The van der Waals surface area contributed by atoms with Gasteiger partial charge < -0.3 is 9.73 Å². The number of hydrogen-bond donors (Lipinski definition) is 1. The summed E-state index contributed by atoms with van der Waals surface area (Å²) in [5.74, 6) is 1.90. The Morgan fingerprint density at radius 3 is 3.38 bits per heavy atom. The third kappa shape index (κ3) is 2.74. The summed E-state index contributed by atoms with van der Waals surface area (Å²) in [6.07, 6.45) is 5.96. The van der Waals surface area contributed by atoms with Crippen LogP contribution in [0.5, 0.6) is 0 Å². The third-order valence-electron chi connectivity index (χ3n) is 2.25. The van der Waals surface area contributed by atoms with Gasteiger partial charge in [-0.2, -0.15) is 0 Å². The normalized spacial score (nSPS) is 23.2. The summed E-state index contributed by atoms with van der Waals surface area (Å²) in [6, 6.07) is 0. The standard InChI is InChI=1S/C9H14N2OS/c1-2-8(6-10-3-1)7-13-9-11-4-5-12-9/h4-5,8,10H,1-3,6-7H2. The fourth-order valence-electron chi connectivity index (χ4n) is 1.54. The summed E-state index contributed by atoms with van der Waals surface area (Å²) in [7, 11) is 0. The van der Waals surface area contributed by atoms with Gasteiger partial charge >= 0.3 is 0 Å². The fraction of sp³-hybridized carbons (Fsp3) is 0.667. The van der Waals surface area contributed by atoms with Crippen LogP contribution in [0.1, 0.15) is 12.8 Å². The molecule has 1 unspecified atom stereocenters. The number of rotatable bonds is 3. The maximum absolute atomic E-state index is 5.16. The van der Waals surface area contributed by atoms with Gasteiger partial charge in [0.2, 0.25) is 0 Å². The highest BCUT2D eigenvalue weighted by molar-refractivity contribution is 7.99. The zero-order valence-corrected chi connectivity index (χ0v) is 8.35. The highest BCUT2D eigenvalue weighted by atomic mass is 32.2. The molecule has 0 bridgehead atoms. The molecule has 0 radical (unpaired) electrons. The lowest BCUT2D eigenvalue weighted by Crippen LogP contribution is -2.30. The molecule has 1 N–H and O–H groups in total. The number of oxazole rings is 1.